The molecular formula is C15H17FN2O2S. The van der Waals surface area contributed by atoms with E-state index in [2.05, 4.69) is 4.72 Å². The van der Waals surface area contributed by atoms with Gasteiger partial charge in [0.2, 0.25) is 0 Å². The molecule has 0 bridgehead atoms. The maximum absolute atomic E-state index is 13.2. The number of benzene rings is 2. The van der Waals surface area contributed by atoms with Crippen LogP contribution in [0.4, 0.5) is 10.1 Å². The number of aryl methyl sites for hydroxylation is 1. The lowest BCUT2D eigenvalue weighted by molar-refractivity contribution is 0.601. The summed E-state index contributed by atoms with van der Waals surface area (Å²) in [7, 11) is -3.73. The van der Waals surface area contributed by atoms with E-state index in [1.165, 1.54) is 24.3 Å². The number of anilines is 1. The van der Waals surface area contributed by atoms with E-state index in [0.29, 0.717) is 18.5 Å². The third-order valence-electron chi connectivity index (χ3n) is 3.11. The Morgan fingerprint density at radius 2 is 1.81 bits per heavy atom. The van der Waals surface area contributed by atoms with E-state index >= 15 is 0 Å². The van der Waals surface area contributed by atoms with E-state index in [0.717, 1.165) is 11.6 Å². The molecule has 0 radical (unpaired) electrons. The zero-order valence-corrected chi connectivity index (χ0v) is 12.5. The van der Waals surface area contributed by atoms with Gasteiger partial charge in [-0.1, -0.05) is 18.2 Å². The van der Waals surface area contributed by atoms with Gasteiger partial charge in [0.1, 0.15) is 5.82 Å². The number of nitrogens with two attached hydrogens (primary N) is 1. The first kappa shape index (κ1) is 15.5. The van der Waals surface area contributed by atoms with Crippen molar-refractivity contribution in [1.82, 2.24) is 0 Å². The van der Waals surface area contributed by atoms with E-state index in [-0.39, 0.29) is 10.6 Å². The Kier molecular flexibility index (Phi) is 4.59. The van der Waals surface area contributed by atoms with Gasteiger partial charge in [0.05, 0.1) is 10.6 Å². The van der Waals surface area contributed by atoms with Crippen molar-refractivity contribution in [3.8, 4) is 0 Å². The lowest BCUT2D eigenvalue weighted by Gasteiger charge is -2.11. The zero-order valence-electron chi connectivity index (χ0n) is 11.6. The van der Waals surface area contributed by atoms with Gasteiger partial charge in [-0.05, 0) is 55.3 Å². The number of halogens is 1. The van der Waals surface area contributed by atoms with Crippen molar-refractivity contribution in [2.24, 2.45) is 5.73 Å². The standard InChI is InChI=1S/C15H17FN2O2S/c1-11-2-5-13(16)10-15(11)18-21(19,20)14-6-3-12(4-7-14)8-9-17/h2-7,10,18H,8-9,17H2,1H3. The molecule has 4 nitrogen and oxygen atoms in total. The van der Waals surface area contributed by atoms with Crippen molar-refractivity contribution in [2.45, 2.75) is 18.2 Å². The Morgan fingerprint density at radius 1 is 1.14 bits per heavy atom. The number of rotatable bonds is 5. The molecule has 0 aromatic heterocycles. The summed E-state index contributed by atoms with van der Waals surface area (Å²) < 4.78 is 40.2. The first-order valence-corrected chi connectivity index (χ1v) is 7.98. The Labute approximate surface area is 123 Å². The Balaban J connectivity index is 2.27. The predicted molar refractivity (Wildman–Crippen MR) is 81.1 cm³/mol. The van der Waals surface area contributed by atoms with Crippen molar-refractivity contribution in [3.05, 3.63) is 59.4 Å². The van der Waals surface area contributed by atoms with Crippen molar-refractivity contribution >= 4 is 15.7 Å². The Hall–Kier alpha value is -1.92. The van der Waals surface area contributed by atoms with Gasteiger partial charge in [0, 0.05) is 0 Å². The van der Waals surface area contributed by atoms with Crippen LogP contribution in [0.25, 0.3) is 0 Å². The quantitative estimate of drug-likeness (QED) is 0.891. The van der Waals surface area contributed by atoms with Gasteiger partial charge >= 0.3 is 0 Å². The van der Waals surface area contributed by atoms with Gasteiger partial charge in [-0.3, -0.25) is 4.72 Å². The van der Waals surface area contributed by atoms with Crippen molar-refractivity contribution < 1.29 is 12.8 Å². The smallest absolute Gasteiger partial charge is 0.261 e. The summed E-state index contributed by atoms with van der Waals surface area (Å²) in [6.45, 7) is 2.22. The van der Waals surface area contributed by atoms with E-state index in [9.17, 15) is 12.8 Å². The SMILES string of the molecule is Cc1ccc(F)cc1NS(=O)(=O)c1ccc(CCN)cc1. The largest absolute Gasteiger partial charge is 0.330 e. The van der Waals surface area contributed by atoms with Gasteiger partial charge in [-0.25, -0.2) is 12.8 Å². The molecule has 2 rings (SSSR count). The minimum Gasteiger partial charge on any atom is -0.330 e. The van der Waals surface area contributed by atoms with E-state index < -0.39 is 15.8 Å². The maximum Gasteiger partial charge on any atom is 0.261 e. The highest BCUT2D eigenvalue weighted by Crippen LogP contribution is 2.21. The van der Waals surface area contributed by atoms with E-state index in [4.69, 9.17) is 5.73 Å². The van der Waals surface area contributed by atoms with Crippen LogP contribution in [-0.4, -0.2) is 15.0 Å². The molecule has 0 saturated heterocycles. The lowest BCUT2D eigenvalue weighted by Crippen LogP contribution is -2.14. The summed E-state index contributed by atoms with van der Waals surface area (Å²) in [5.41, 5.74) is 7.31. The highest BCUT2D eigenvalue weighted by molar-refractivity contribution is 7.92. The molecule has 0 spiro atoms. The summed E-state index contributed by atoms with van der Waals surface area (Å²) in [6, 6.07) is 10.4. The molecule has 0 saturated carbocycles. The molecule has 0 unspecified atom stereocenters. The second-order valence-electron chi connectivity index (χ2n) is 4.75. The van der Waals surface area contributed by atoms with E-state index in [1.54, 1.807) is 19.1 Å². The normalized spacial score (nSPS) is 11.4. The van der Waals surface area contributed by atoms with Crippen LogP contribution in [-0.2, 0) is 16.4 Å². The molecule has 3 N–H and O–H groups in total. The lowest BCUT2D eigenvalue weighted by atomic mass is 10.2. The first-order chi connectivity index (χ1) is 9.92. The number of nitrogens with one attached hydrogen (secondary N) is 1. The summed E-state index contributed by atoms with van der Waals surface area (Å²) >= 11 is 0. The van der Waals surface area contributed by atoms with Gasteiger partial charge < -0.3 is 5.73 Å². The summed E-state index contributed by atoms with van der Waals surface area (Å²) in [5.74, 6) is -0.489. The van der Waals surface area contributed by atoms with Crippen LogP contribution in [0.15, 0.2) is 47.4 Å². The molecule has 112 valence electrons. The van der Waals surface area contributed by atoms with Crippen molar-refractivity contribution in [2.75, 3.05) is 11.3 Å². The summed E-state index contributed by atoms with van der Waals surface area (Å²) in [4.78, 5) is 0.131. The average molecular weight is 308 g/mol. The zero-order chi connectivity index (χ0) is 15.5. The van der Waals surface area contributed by atoms with Crippen LogP contribution >= 0.6 is 0 Å². The van der Waals surface area contributed by atoms with Crippen LogP contribution < -0.4 is 10.5 Å². The molecule has 0 heterocycles. The van der Waals surface area contributed by atoms with Gasteiger partial charge in [0.25, 0.3) is 10.0 Å². The maximum atomic E-state index is 13.2. The highest BCUT2D eigenvalue weighted by Gasteiger charge is 2.15. The second-order valence-corrected chi connectivity index (χ2v) is 6.43. The molecule has 6 heteroatoms. The number of hydrogen-bond donors (Lipinski definition) is 2. The average Bonchev–Trinajstić information content (AvgIpc) is 2.44. The monoisotopic (exact) mass is 308 g/mol. The number of sulfonamides is 1. The topological polar surface area (TPSA) is 72.2 Å². The molecule has 0 fully saturated rings. The van der Waals surface area contributed by atoms with E-state index in [1.807, 2.05) is 0 Å². The fourth-order valence-electron chi connectivity index (χ4n) is 1.91. The number of hydrogen-bond acceptors (Lipinski definition) is 3. The third kappa shape index (κ3) is 3.80. The fourth-order valence-corrected chi connectivity index (χ4v) is 3.03. The third-order valence-corrected chi connectivity index (χ3v) is 4.49. The summed E-state index contributed by atoms with van der Waals surface area (Å²) in [6.07, 6.45) is 0.691. The molecular weight excluding hydrogens is 291 g/mol. The van der Waals surface area contributed by atoms with Crippen LogP contribution in [0.3, 0.4) is 0 Å². The second kappa shape index (κ2) is 6.24. The van der Waals surface area contributed by atoms with Crippen molar-refractivity contribution in [1.29, 1.82) is 0 Å². The molecule has 21 heavy (non-hydrogen) atoms. The minimum absolute atomic E-state index is 0.131. The van der Waals surface area contributed by atoms with Gasteiger partial charge in [-0.2, -0.15) is 0 Å². The molecule has 0 amide bonds. The van der Waals surface area contributed by atoms with Crippen LogP contribution in [0.5, 0.6) is 0 Å². The van der Waals surface area contributed by atoms with Gasteiger partial charge in [0.15, 0.2) is 0 Å². The van der Waals surface area contributed by atoms with Gasteiger partial charge in [-0.15, -0.1) is 0 Å². The fraction of sp³-hybridized carbons (Fsp3) is 0.200. The van der Waals surface area contributed by atoms with Crippen LogP contribution in [0.2, 0.25) is 0 Å². The Bertz CT molecular complexity index is 728. The highest BCUT2D eigenvalue weighted by atomic mass is 32.2. The Morgan fingerprint density at radius 3 is 2.43 bits per heavy atom. The van der Waals surface area contributed by atoms with Crippen LogP contribution in [0, 0.1) is 12.7 Å². The predicted octanol–water partition coefficient (Wildman–Crippen LogP) is 2.44. The first-order valence-electron chi connectivity index (χ1n) is 6.50. The molecule has 0 aliphatic rings. The van der Waals surface area contributed by atoms with Crippen molar-refractivity contribution in [3.63, 3.8) is 0 Å². The van der Waals surface area contributed by atoms with Crippen LogP contribution in [0.1, 0.15) is 11.1 Å². The minimum atomic E-state index is -3.73. The molecule has 2 aromatic rings. The molecule has 2 aromatic carbocycles. The molecule has 0 aliphatic heterocycles. The summed E-state index contributed by atoms with van der Waals surface area (Å²) in [5, 5.41) is 0. The molecule has 0 atom stereocenters. The molecule has 0 aliphatic carbocycles.